The second kappa shape index (κ2) is 7.85. The molecule has 1 rings (SSSR count). The van der Waals surface area contributed by atoms with Crippen LogP contribution in [0.15, 0.2) is 18.3 Å². The third-order valence-corrected chi connectivity index (χ3v) is 3.13. The van der Waals surface area contributed by atoms with Gasteiger partial charge in [-0.2, -0.15) is 0 Å². The molecule has 20 heavy (non-hydrogen) atoms. The summed E-state index contributed by atoms with van der Waals surface area (Å²) < 4.78 is 0. The van der Waals surface area contributed by atoms with Crippen molar-refractivity contribution >= 4 is 11.6 Å². The number of carbonyl (C=O) groups is 1. The van der Waals surface area contributed by atoms with Crippen LogP contribution in [0.25, 0.3) is 0 Å². The smallest absolute Gasteiger partial charge is 0.272 e. The summed E-state index contributed by atoms with van der Waals surface area (Å²) in [7, 11) is 4.02. The molecule has 0 aliphatic heterocycles. The summed E-state index contributed by atoms with van der Waals surface area (Å²) >= 11 is 0. The van der Waals surface area contributed by atoms with Gasteiger partial charge in [-0.25, -0.2) is 4.98 Å². The Balaban J connectivity index is 2.79. The first-order valence-electron chi connectivity index (χ1n) is 7.15. The van der Waals surface area contributed by atoms with E-state index in [1.165, 1.54) is 0 Å². The fourth-order valence-corrected chi connectivity index (χ4v) is 2.26. The summed E-state index contributed by atoms with van der Waals surface area (Å²) in [6.07, 6.45) is 1.71. The topological polar surface area (TPSA) is 48.5 Å². The number of pyridine rings is 1. The van der Waals surface area contributed by atoms with Gasteiger partial charge in [0.2, 0.25) is 0 Å². The van der Waals surface area contributed by atoms with Crippen molar-refractivity contribution in [1.29, 1.82) is 0 Å². The predicted molar refractivity (Wildman–Crippen MR) is 83.1 cm³/mol. The summed E-state index contributed by atoms with van der Waals surface area (Å²) in [6, 6.07) is 3.84. The van der Waals surface area contributed by atoms with Crippen LogP contribution in [0.1, 0.15) is 31.3 Å². The highest BCUT2D eigenvalue weighted by atomic mass is 16.2. The van der Waals surface area contributed by atoms with E-state index in [9.17, 15) is 4.79 Å². The largest absolute Gasteiger partial charge is 0.384 e. The number of aromatic nitrogens is 1. The van der Waals surface area contributed by atoms with Gasteiger partial charge in [0.25, 0.3) is 5.91 Å². The Labute approximate surface area is 122 Å². The van der Waals surface area contributed by atoms with Crippen LogP contribution in [0.3, 0.4) is 0 Å². The van der Waals surface area contributed by atoms with Crippen molar-refractivity contribution in [3.63, 3.8) is 0 Å². The number of nitrogens with one attached hydrogen (secondary N) is 1. The molecule has 0 saturated heterocycles. The Hall–Kier alpha value is -1.62. The second-order valence-corrected chi connectivity index (χ2v) is 5.16. The number of carbonyl (C=O) groups excluding carboxylic acids is 1. The molecule has 1 aromatic heterocycles. The highest BCUT2D eigenvalue weighted by molar-refractivity contribution is 5.92. The summed E-state index contributed by atoms with van der Waals surface area (Å²) in [4.78, 5) is 20.7. The van der Waals surface area contributed by atoms with E-state index in [2.05, 4.69) is 22.1 Å². The average molecular weight is 278 g/mol. The van der Waals surface area contributed by atoms with E-state index < -0.39 is 0 Å². The first-order valence-corrected chi connectivity index (χ1v) is 7.15. The average Bonchev–Trinajstić information content (AvgIpc) is 2.39. The number of hydrogen-bond acceptors (Lipinski definition) is 4. The molecule has 1 heterocycles. The van der Waals surface area contributed by atoms with Crippen LogP contribution in [0.5, 0.6) is 0 Å². The summed E-state index contributed by atoms with van der Waals surface area (Å²) in [5.74, 6) is -0.00935. The van der Waals surface area contributed by atoms with Gasteiger partial charge in [0.15, 0.2) is 0 Å². The lowest BCUT2D eigenvalue weighted by atomic mass is 10.2. The lowest BCUT2D eigenvalue weighted by Crippen LogP contribution is -2.44. The molecule has 0 aromatic carbocycles. The molecule has 1 N–H and O–H groups in total. The highest BCUT2D eigenvalue weighted by Gasteiger charge is 2.21. The van der Waals surface area contributed by atoms with Gasteiger partial charge in [0.1, 0.15) is 5.69 Å². The van der Waals surface area contributed by atoms with E-state index in [0.29, 0.717) is 12.2 Å². The van der Waals surface area contributed by atoms with E-state index in [-0.39, 0.29) is 11.9 Å². The lowest BCUT2D eigenvalue weighted by molar-refractivity contribution is 0.0673. The number of nitrogens with zero attached hydrogens (tertiary/aromatic N) is 3. The number of amides is 1. The second-order valence-electron chi connectivity index (χ2n) is 5.16. The number of likely N-dealkylation sites (N-methyl/N-ethyl adjacent to an activating group) is 2. The number of anilines is 1. The zero-order valence-corrected chi connectivity index (χ0v) is 13.2. The highest BCUT2D eigenvalue weighted by Crippen LogP contribution is 2.10. The molecule has 0 aliphatic rings. The minimum atomic E-state index is -0.00935. The Morgan fingerprint density at radius 3 is 2.50 bits per heavy atom. The maximum Gasteiger partial charge on any atom is 0.272 e. The van der Waals surface area contributed by atoms with Crippen molar-refractivity contribution in [1.82, 2.24) is 14.8 Å². The van der Waals surface area contributed by atoms with Gasteiger partial charge in [-0.3, -0.25) is 4.79 Å². The maximum atomic E-state index is 12.5. The van der Waals surface area contributed by atoms with Gasteiger partial charge in [-0.15, -0.1) is 0 Å². The van der Waals surface area contributed by atoms with Crippen molar-refractivity contribution in [3.05, 3.63) is 24.0 Å². The van der Waals surface area contributed by atoms with Crippen LogP contribution in [0, 0.1) is 0 Å². The van der Waals surface area contributed by atoms with Crippen molar-refractivity contribution in [3.8, 4) is 0 Å². The van der Waals surface area contributed by atoms with Crippen molar-refractivity contribution < 1.29 is 4.79 Å². The summed E-state index contributed by atoms with van der Waals surface area (Å²) in [5.41, 5.74) is 1.44. The molecule has 0 bridgehead atoms. The number of hydrogen-bond donors (Lipinski definition) is 1. The molecule has 0 aliphatic carbocycles. The van der Waals surface area contributed by atoms with E-state index in [1.54, 1.807) is 12.3 Å². The normalized spacial score (nSPS) is 12.3. The van der Waals surface area contributed by atoms with Gasteiger partial charge < -0.3 is 15.1 Å². The quantitative estimate of drug-likeness (QED) is 0.828. The molecule has 1 amide bonds. The molecule has 5 heteroatoms. The third kappa shape index (κ3) is 4.49. The maximum absolute atomic E-state index is 12.5. The number of rotatable bonds is 7. The van der Waals surface area contributed by atoms with Crippen LogP contribution in [0.4, 0.5) is 5.69 Å². The van der Waals surface area contributed by atoms with Crippen LogP contribution < -0.4 is 5.32 Å². The molecule has 1 aromatic rings. The Morgan fingerprint density at radius 1 is 1.35 bits per heavy atom. The summed E-state index contributed by atoms with van der Waals surface area (Å²) in [6.45, 7) is 8.46. The molecule has 0 spiro atoms. The van der Waals surface area contributed by atoms with Crippen LogP contribution in [-0.2, 0) is 0 Å². The van der Waals surface area contributed by atoms with Gasteiger partial charge in [-0.05, 0) is 47.0 Å². The van der Waals surface area contributed by atoms with E-state index >= 15 is 0 Å². The molecule has 0 radical (unpaired) electrons. The molecule has 0 fully saturated rings. The monoisotopic (exact) mass is 278 g/mol. The van der Waals surface area contributed by atoms with E-state index in [4.69, 9.17) is 0 Å². The van der Waals surface area contributed by atoms with Crippen LogP contribution >= 0.6 is 0 Å². The summed E-state index contributed by atoms with van der Waals surface area (Å²) in [5, 5.41) is 3.17. The SMILES string of the molecule is CCNc1ccc(C(=O)N(CC)C(C)CN(C)C)nc1. The molecular formula is C15H26N4O. The zero-order chi connectivity index (χ0) is 15.1. The van der Waals surface area contributed by atoms with E-state index in [1.807, 2.05) is 38.9 Å². The van der Waals surface area contributed by atoms with Crippen molar-refractivity contribution in [2.75, 3.05) is 39.0 Å². The first kappa shape index (κ1) is 16.4. The Morgan fingerprint density at radius 2 is 2.05 bits per heavy atom. The standard InChI is InChI=1S/C15H26N4O/c1-6-16-13-8-9-14(17-10-13)15(20)19(7-2)12(3)11-18(4)5/h8-10,12,16H,6-7,11H2,1-5H3. The van der Waals surface area contributed by atoms with Gasteiger partial charge >= 0.3 is 0 Å². The van der Waals surface area contributed by atoms with Crippen molar-refractivity contribution in [2.24, 2.45) is 0 Å². The zero-order valence-electron chi connectivity index (χ0n) is 13.2. The fraction of sp³-hybridized carbons (Fsp3) is 0.600. The molecule has 1 unspecified atom stereocenters. The predicted octanol–water partition coefficient (Wildman–Crippen LogP) is 1.93. The molecule has 0 saturated carbocycles. The van der Waals surface area contributed by atoms with Crippen molar-refractivity contribution in [2.45, 2.75) is 26.8 Å². The van der Waals surface area contributed by atoms with Gasteiger partial charge in [0, 0.05) is 25.7 Å². The minimum absolute atomic E-state index is 0.00935. The molecule has 5 nitrogen and oxygen atoms in total. The first-order chi connectivity index (χ1) is 9.49. The lowest BCUT2D eigenvalue weighted by Gasteiger charge is -2.29. The van der Waals surface area contributed by atoms with Gasteiger partial charge in [0.05, 0.1) is 11.9 Å². The minimum Gasteiger partial charge on any atom is -0.384 e. The Kier molecular flexibility index (Phi) is 6.45. The molecule has 112 valence electrons. The fourth-order valence-electron chi connectivity index (χ4n) is 2.26. The van der Waals surface area contributed by atoms with Gasteiger partial charge in [-0.1, -0.05) is 0 Å². The van der Waals surface area contributed by atoms with Crippen LogP contribution in [-0.4, -0.2) is 60.5 Å². The van der Waals surface area contributed by atoms with Crippen LogP contribution in [0.2, 0.25) is 0 Å². The molecular weight excluding hydrogens is 252 g/mol. The van der Waals surface area contributed by atoms with E-state index in [0.717, 1.165) is 18.8 Å². The molecule has 1 atom stereocenters. The Bertz CT molecular complexity index is 416. The third-order valence-electron chi connectivity index (χ3n) is 3.13.